The topological polar surface area (TPSA) is 84.1 Å². The fourth-order valence-electron chi connectivity index (χ4n) is 4.69. The van der Waals surface area contributed by atoms with E-state index < -0.39 is 46.0 Å². The number of benzene rings is 2. The Morgan fingerprint density at radius 2 is 1.75 bits per heavy atom. The summed E-state index contributed by atoms with van der Waals surface area (Å²) in [5, 5.41) is 3.24. The fourth-order valence-corrected chi connectivity index (χ4v) is 4.82. The summed E-state index contributed by atoms with van der Waals surface area (Å²) >= 11 is 5.89. The number of amides is 1. The second kappa shape index (κ2) is 12.5. The van der Waals surface area contributed by atoms with E-state index in [1.165, 1.54) is 6.92 Å². The van der Waals surface area contributed by atoms with Crippen LogP contribution in [0.4, 0.5) is 22.0 Å². The highest BCUT2D eigenvalue weighted by Gasteiger charge is 2.37. The Morgan fingerprint density at radius 3 is 2.38 bits per heavy atom. The minimum atomic E-state index is -4.98. The van der Waals surface area contributed by atoms with Crippen molar-refractivity contribution in [3.05, 3.63) is 85.8 Å². The van der Waals surface area contributed by atoms with Gasteiger partial charge in [-0.15, -0.1) is 0 Å². The second-order valence-electron chi connectivity index (χ2n) is 9.62. The molecule has 1 aromatic heterocycles. The molecule has 1 aliphatic carbocycles. The second-order valence-corrected chi connectivity index (χ2v) is 10.1. The zero-order valence-corrected chi connectivity index (χ0v) is 22.3. The number of aromatic amines is 1. The quantitative estimate of drug-likeness (QED) is 0.303. The largest absolute Gasteiger partial charge is 0.417 e. The third kappa shape index (κ3) is 6.87. The molecular formula is C28H27ClF5N3O3. The zero-order valence-electron chi connectivity index (χ0n) is 21.5. The number of carbonyl (C=O) groups is 1. The van der Waals surface area contributed by atoms with Crippen molar-refractivity contribution in [3.63, 3.8) is 0 Å². The van der Waals surface area contributed by atoms with E-state index >= 15 is 4.39 Å². The van der Waals surface area contributed by atoms with Gasteiger partial charge >= 0.3 is 6.18 Å². The molecule has 1 saturated carbocycles. The Bertz CT molecular complexity index is 1420. The van der Waals surface area contributed by atoms with Gasteiger partial charge in [0.1, 0.15) is 11.6 Å². The molecule has 0 aliphatic heterocycles. The lowest BCUT2D eigenvalue weighted by molar-refractivity contribution is -0.137. The molecule has 3 aromatic rings. The highest BCUT2D eigenvalue weighted by molar-refractivity contribution is 6.30. The first-order chi connectivity index (χ1) is 19.0. The van der Waals surface area contributed by atoms with Gasteiger partial charge in [0, 0.05) is 23.0 Å². The molecule has 0 saturated heterocycles. The number of rotatable bonds is 8. The van der Waals surface area contributed by atoms with Gasteiger partial charge in [-0.05, 0) is 55.9 Å². The Kier molecular flexibility index (Phi) is 9.25. The van der Waals surface area contributed by atoms with E-state index in [0.717, 1.165) is 11.6 Å². The van der Waals surface area contributed by atoms with E-state index in [1.807, 2.05) is 17.1 Å². The average molecular weight is 584 g/mol. The number of nitrogens with one attached hydrogen (secondary N) is 2. The number of halogens is 6. The number of carbonyl (C=O) groups excluding carboxylic acids is 1. The fraction of sp³-hybridized carbons (Fsp3) is 0.393. The maximum atomic E-state index is 15.5. The molecule has 0 spiro atoms. The number of H-pyrrole nitrogens is 1. The molecule has 0 bridgehead atoms. The molecule has 214 valence electrons. The summed E-state index contributed by atoms with van der Waals surface area (Å²) in [5.41, 5.74) is -3.34. The molecule has 4 rings (SSSR count). The number of alkyl halides is 3. The van der Waals surface area contributed by atoms with Gasteiger partial charge in [-0.3, -0.25) is 9.59 Å². The summed E-state index contributed by atoms with van der Waals surface area (Å²) in [6.07, 6.45) is -2.71. The Morgan fingerprint density at radius 1 is 1.07 bits per heavy atom. The summed E-state index contributed by atoms with van der Waals surface area (Å²) in [4.78, 5) is 30.4. The molecule has 12 heteroatoms. The average Bonchev–Trinajstić information content (AvgIpc) is 2.93. The van der Waals surface area contributed by atoms with Gasteiger partial charge in [-0.2, -0.15) is 17.6 Å². The van der Waals surface area contributed by atoms with Gasteiger partial charge in [0.2, 0.25) is 11.7 Å². The number of aromatic nitrogens is 2. The molecule has 1 aliphatic rings. The van der Waals surface area contributed by atoms with Crippen molar-refractivity contribution in [1.82, 2.24) is 15.3 Å². The van der Waals surface area contributed by atoms with Gasteiger partial charge in [0.25, 0.3) is 5.56 Å². The van der Waals surface area contributed by atoms with Gasteiger partial charge in [0.15, 0.2) is 0 Å². The van der Waals surface area contributed by atoms with Gasteiger partial charge in [-0.1, -0.05) is 36.7 Å². The van der Waals surface area contributed by atoms with Crippen molar-refractivity contribution < 1.29 is 31.5 Å². The highest BCUT2D eigenvalue weighted by Crippen LogP contribution is 2.38. The maximum absolute atomic E-state index is 15.5. The standard InChI is InChI=1S/C28H27ClF5N3O3/c1-2-21-24(31)27(39)37-25(36-21)22-20(28(32,33)34)12-7-17(23(22)30)13-35-26(38)16-5-10-19(11-6-16)40-14-15-3-8-18(29)9-4-15/h3-4,7-9,12,16,19H,2,5-6,10-11,13-14H2,1H3,(H,35,38)(H,36,37,39)/t16-,19-. The van der Waals surface area contributed by atoms with Crippen molar-refractivity contribution in [1.29, 1.82) is 0 Å². The van der Waals surface area contributed by atoms with E-state index in [4.69, 9.17) is 16.3 Å². The van der Waals surface area contributed by atoms with Gasteiger partial charge < -0.3 is 15.0 Å². The number of nitrogens with zero attached hydrogens (tertiary/aromatic N) is 1. The molecule has 0 unspecified atom stereocenters. The molecule has 1 heterocycles. The van der Waals surface area contributed by atoms with Crippen LogP contribution in [0.2, 0.25) is 5.02 Å². The lowest BCUT2D eigenvalue weighted by Crippen LogP contribution is -2.34. The van der Waals surface area contributed by atoms with Crippen LogP contribution < -0.4 is 10.9 Å². The van der Waals surface area contributed by atoms with Crippen LogP contribution in [-0.4, -0.2) is 22.0 Å². The van der Waals surface area contributed by atoms with Crippen LogP contribution in [0.25, 0.3) is 11.4 Å². The number of ether oxygens (including phenoxy) is 1. The first-order valence-electron chi connectivity index (χ1n) is 12.8. The van der Waals surface area contributed by atoms with E-state index in [-0.39, 0.29) is 36.5 Å². The van der Waals surface area contributed by atoms with Crippen molar-refractivity contribution in [2.75, 3.05) is 0 Å². The van der Waals surface area contributed by atoms with Crippen molar-refractivity contribution in [2.45, 2.75) is 64.5 Å². The van der Waals surface area contributed by atoms with Crippen LogP contribution in [0, 0.1) is 17.6 Å². The smallest absolute Gasteiger partial charge is 0.374 e. The predicted octanol–water partition coefficient (Wildman–Crippen LogP) is 6.34. The molecule has 40 heavy (non-hydrogen) atoms. The van der Waals surface area contributed by atoms with Gasteiger partial charge in [-0.25, -0.2) is 9.37 Å². The van der Waals surface area contributed by atoms with Crippen molar-refractivity contribution in [3.8, 4) is 11.4 Å². The van der Waals surface area contributed by atoms with E-state index in [1.54, 1.807) is 12.1 Å². The third-order valence-corrected chi connectivity index (χ3v) is 7.18. The summed E-state index contributed by atoms with van der Waals surface area (Å²) in [7, 11) is 0. The van der Waals surface area contributed by atoms with Crippen LogP contribution >= 0.6 is 11.6 Å². The van der Waals surface area contributed by atoms with Crippen LogP contribution in [0.3, 0.4) is 0 Å². The van der Waals surface area contributed by atoms with Crippen LogP contribution in [0.15, 0.2) is 41.2 Å². The summed E-state index contributed by atoms with van der Waals surface area (Å²) < 4.78 is 76.5. The first-order valence-corrected chi connectivity index (χ1v) is 13.2. The number of hydrogen-bond acceptors (Lipinski definition) is 4. The lowest BCUT2D eigenvalue weighted by Gasteiger charge is -2.28. The Balaban J connectivity index is 1.43. The molecular weight excluding hydrogens is 557 g/mol. The van der Waals surface area contributed by atoms with Crippen molar-refractivity contribution in [2.24, 2.45) is 5.92 Å². The van der Waals surface area contributed by atoms with Crippen molar-refractivity contribution >= 4 is 17.5 Å². The molecule has 2 N–H and O–H groups in total. The van der Waals surface area contributed by atoms with E-state index in [0.29, 0.717) is 43.4 Å². The lowest BCUT2D eigenvalue weighted by atomic mass is 9.86. The van der Waals surface area contributed by atoms with E-state index in [2.05, 4.69) is 10.3 Å². The summed E-state index contributed by atoms with van der Waals surface area (Å²) in [6.45, 7) is 1.50. The highest BCUT2D eigenvalue weighted by atomic mass is 35.5. The molecule has 1 fully saturated rings. The van der Waals surface area contributed by atoms with Gasteiger partial charge in [0.05, 0.1) is 29.5 Å². The molecule has 6 nitrogen and oxygen atoms in total. The monoisotopic (exact) mass is 583 g/mol. The minimum absolute atomic E-state index is 0.0204. The van der Waals surface area contributed by atoms with Crippen LogP contribution in [0.5, 0.6) is 0 Å². The number of hydrogen-bond donors (Lipinski definition) is 2. The summed E-state index contributed by atoms with van der Waals surface area (Å²) in [6, 6.07) is 8.88. The number of aryl methyl sites for hydroxylation is 1. The molecule has 0 atom stereocenters. The Hall–Kier alpha value is -3.31. The molecule has 1 amide bonds. The molecule has 2 aromatic carbocycles. The zero-order chi connectivity index (χ0) is 29.0. The first kappa shape index (κ1) is 29.7. The molecule has 0 radical (unpaired) electrons. The third-order valence-electron chi connectivity index (χ3n) is 6.93. The Labute approximate surface area is 231 Å². The maximum Gasteiger partial charge on any atom is 0.417 e. The summed E-state index contributed by atoms with van der Waals surface area (Å²) in [5.74, 6) is -3.99. The van der Waals surface area contributed by atoms with Crippen LogP contribution in [-0.2, 0) is 35.3 Å². The SMILES string of the molecule is CCc1nc(-c2c(C(F)(F)F)ccc(CNC(=O)[C@H]3CC[C@H](OCc4ccc(Cl)cc4)CC3)c2F)[nH]c(=O)c1F. The van der Waals surface area contributed by atoms with E-state index in [9.17, 15) is 27.2 Å². The normalized spacial score (nSPS) is 17.6. The minimum Gasteiger partial charge on any atom is -0.374 e. The predicted molar refractivity (Wildman–Crippen MR) is 138 cm³/mol. The van der Waals surface area contributed by atoms with Crippen LogP contribution in [0.1, 0.15) is 55.0 Å².